The minimum absolute atomic E-state index is 0.0578. The molecular formula is C14H15F3N2O3. The summed E-state index contributed by atoms with van der Waals surface area (Å²) in [4.78, 5) is 16.0. The molecule has 1 aromatic rings. The van der Waals surface area contributed by atoms with Crippen molar-refractivity contribution in [2.24, 2.45) is 11.7 Å². The van der Waals surface area contributed by atoms with Gasteiger partial charge in [-0.1, -0.05) is 0 Å². The van der Waals surface area contributed by atoms with Crippen LogP contribution in [0, 0.1) is 5.92 Å². The molecular weight excluding hydrogens is 301 g/mol. The summed E-state index contributed by atoms with van der Waals surface area (Å²) in [6.45, 7) is -0.143. The van der Waals surface area contributed by atoms with E-state index in [1.165, 1.54) is 31.0 Å². The smallest absolute Gasteiger partial charge is 0.392 e. The highest BCUT2D eigenvalue weighted by molar-refractivity contribution is 5.97. The lowest BCUT2D eigenvalue weighted by Gasteiger charge is -2.20. The van der Waals surface area contributed by atoms with Crippen LogP contribution in [0.2, 0.25) is 0 Å². The van der Waals surface area contributed by atoms with E-state index in [1.54, 1.807) is 0 Å². The number of hydrogen-bond donors (Lipinski definition) is 1. The summed E-state index contributed by atoms with van der Waals surface area (Å²) in [5.74, 6) is -2.44. The highest BCUT2D eigenvalue weighted by atomic mass is 19.4. The predicted molar refractivity (Wildman–Crippen MR) is 70.5 cm³/mol. The van der Waals surface area contributed by atoms with Crippen LogP contribution in [0.1, 0.15) is 35.1 Å². The summed E-state index contributed by atoms with van der Waals surface area (Å²) in [7, 11) is 0. The summed E-state index contributed by atoms with van der Waals surface area (Å²) in [5.41, 5.74) is 5.60. The van der Waals surface area contributed by atoms with Crippen molar-refractivity contribution in [1.82, 2.24) is 4.98 Å². The third kappa shape index (κ3) is 3.76. The van der Waals surface area contributed by atoms with E-state index in [9.17, 15) is 18.0 Å². The topological polar surface area (TPSA) is 74.4 Å². The first kappa shape index (κ1) is 16.3. The summed E-state index contributed by atoms with van der Waals surface area (Å²) in [6.07, 6.45) is -1.07. The number of Topliss-reactive ketones (excluding diaryl/α,β-unsaturated/α-hetero) is 1. The van der Waals surface area contributed by atoms with Crippen molar-refractivity contribution in [3.8, 4) is 0 Å². The zero-order valence-electron chi connectivity index (χ0n) is 11.5. The van der Waals surface area contributed by atoms with E-state index < -0.39 is 30.6 Å². The van der Waals surface area contributed by atoms with Crippen LogP contribution in [-0.2, 0) is 9.47 Å². The third-order valence-electron chi connectivity index (χ3n) is 3.28. The average molecular weight is 316 g/mol. The van der Waals surface area contributed by atoms with Gasteiger partial charge in [0.15, 0.2) is 5.78 Å². The second-order valence-corrected chi connectivity index (χ2v) is 4.78. The Labute approximate surface area is 124 Å². The lowest BCUT2D eigenvalue weighted by atomic mass is 9.93. The monoisotopic (exact) mass is 316 g/mol. The van der Waals surface area contributed by atoms with Crippen molar-refractivity contribution in [3.05, 3.63) is 42.1 Å². The van der Waals surface area contributed by atoms with Gasteiger partial charge >= 0.3 is 6.18 Å². The van der Waals surface area contributed by atoms with Crippen LogP contribution in [-0.4, -0.2) is 23.5 Å². The van der Waals surface area contributed by atoms with E-state index >= 15 is 0 Å². The third-order valence-corrected chi connectivity index (χ3v) is 3.28. The van der Waals surface area contributed by atoms with Crippen LogP contribution in [0.25, 0.3) is 0 Å². The Morgan fingerprint density at radius 3 is 2.64 bits per heavy atom. The molecule has 8 heteroatoms. The molecule has 0 aromatic carbocycles. The van der Waals surface area contributed by atoms with E-state index in [-0.39, 0.29) is 18.5 Å². The van der Waals surface area contributed by atoms with Gasteiger partial charge in [-0.15, -0.1) is 0 Å². The van der Waals surface area contributed by atoms with Gasteiger partial charge in [0.25, 0.3) is 6.29 Å². The van der Waals surface area contributed by atoms with Gasteiger partial charge in [-0.05, 0) is 19.0 Å². The molecule has 0 spiro atoms. The average Bonchev–Trinajstić information content (AvgIpc) is 3.00. The molecule has 2 N–H and O–H groups in total. The minimum atomic E-state index is -4.47. The number of carbonyl (C=O) groups excluding carboxylic acids is 1. The molecule has 5 nitrogen and oxygen atoms in total. The molecule has 1 aromatic heterocycles. The maximum atomic E-state index is 12.9. The van der Waals surface area contributed by atoms with E-state index in [1.807, 2.05) is 0 Å². The number of rotatable bonds is 6. The fourth-order valence-electron chi connectivity index (χ4n) is 2.15. The quantitative estimate of drug-likeness (QED) is 0.817. The first-order valence-electron chi connectivity index (χ1n) is 6.63. The predicted octanol–water partition coefficient (Wildman–Crippen LogP) is 2.70. The highest BCUT2D eigenvalue weighted by Crippen LogP contribution is 2.33. The van der Waals surface area contributed by atoms with Gasteiger partial charge in [0.2, 0.25) is 0 Å². The molecule has 0 saturated carbocycles. The van der Waals surface area contributed by atoms with Crippen LogP contribution < -0.4 is 5.73 Å². The molecule has 22 heavy (non-hydrogen) atoms. The van der Waals surface area contributed by atoms with Crippen molar-refractivity contribution in [1.29, 1.82) is 0 Å². The lowest BCUT2D eigenvalue weighted by Crippen LogP contribution is -2.28. The number of halogens is 3. The summed E-state index contributed by atoms with van der Waals surface area (Å²) in [5, 5.41) is 0. The second-order valence-electron chi connectivity index (χ2n) is 4.78. The van der Waals surface area contributed by atoms with Crippen LogP contribution >= 0.6 is 0 Å². The molecule has 0 bridgehead atoms. The van der Waals surface area contributed by atoms with Crippen molar-refractivity contribution in [2.75, 3.05) is 6.54 Å². The van der Waals surface area contributed by atoms with Crippen molar-refractivity contribution in [2.45, 2.75) is 25.3 Å². The normalized spacial score (nSPS) is 16.2. The lowest BCUT2D eigenvalue weighted by molar-refractivity contribution is -0.174. The van der Waals surface area contributed by atoms with Crippen LogP contribution in [0.15, 0.2) is 31.0 Å². The molecule has 0 amide bonds. The van der Waals surface area contributed by atoms with Gasteiger partial charge in [0.1, 0.15) is 12.5 Å². The van der Waals surface area contributed by atoms with E-state index in [0.717, 1.165) is 0 Å². The Kier molecular flexibility index (Phi) is 5.02. The fraction of sp³-hybridized carbons (Fsp3) is 0.429. The number of alkyl halides is 3. The number of ether oxygens (including phenoxy) is 2. The molecule has 2 rings (SSSR count). The molecule has 120 valence electrons. The van der Waals surface area contributed by atoms with Crippen molar-refractivity contribution >= 4 is 5.78 Å². The number of hydrogen-bond acceptors (Lipinski definition) is 5. The van der Waals surface area contributed by atoms with Gasteiger partial charge in [-0.25, -0.2) is 0 Å². The number of pyridine rings is 1. The number of nitrogens with two attached hydrogens (primary N) is 1. The number of ketones is 1. The van der Waals surface area contributed by atoms with Crippen LogP contribution in [0.3, 0.4) is 0 Å². The molecule has 1 atom stereocenters. The van der Waals surface area contributed by atoms with E-state index in [0.29, 0.717) is 5.56 Å². The number of aromatic nitrogens is 1. The zero-order valence-corrected chi connectivity index (χ0v) is 11.5. The first-order chi connectivity index (χ1) is 10.4. The van der Waals surface area contributed by atoms with Crippen LogP contribution in [0.5, 0.6) is 0 Å². The Balaban J connectivity index is 2.18. The Bertz CT molecular complexity index is 553. The number of nitrogens with zero attached hydrogens (tertiary/aromatic N) is 1. The molecule has 1 unspecified atom stereocenters. The summed E-state index contributed by atoms with van der Waals surface area (Å²) < 4.78 is 49.0. The van der Waals surface area contributed by atoms with Gasteiger partial charge in [-0.2, -0.15) is 13.2 Å². The van der Waals surface area contributed by atoms with Gasteiger partial charge in [0.05, 0.1) is 5.92 Å². The maximum absolute atomic E-state index is 12.9. The number of carbonyl (C=O) groups is 1. The van der Waals surface area contributed by atoms with E-state index in [4.69, 9.17) is 15.2 Å². The second kappa shape index (κ2) is 6.78. The highest BCUT2D eigenvalue weighted by Gasteiger charge is 2.40. The summed E-state index contributed by atoms with van der Waals surface area (Å²) >= 11 is 0. The van der Waals surface area contributed by atoms with Crippen molar-refractivity contribution in [3.63, 3.8) is 0 Å². The van der Waals surface area contributed by atoms with Crippen LogP contribution in [0.4, 0.5) is 13.2 Å². The Morgan fingerprint density at radius 2 is 2.05 bits per heavy atom. The van der Waals surface area contributed by atoms with Gasteiger partial charge in [0, 0.05) is 29.9 Å². The minimum Gasteiger partial charge on any atom is -0.455 e. The fourth-order valence-corrected chi connectivity index (χ4v) is 2.15. The van der Waals surface area contributed by atoms with Gasteiger partial charge < -0.3 is 15.2 Å². The van der Waals surface area contributed by atoms with Crippen molar-refractivity contribution < 1.29 is 27.4 Å². The Morgan fingerprint density at radius 1 is 1.36 bits per heavy atom. The molecule has 0 radical (unpaired) electrons. The molecule has 0 aliphatic carbocycles. The molecule has 1 aliphatic rings. The first-order valence-corrected chi connectivity index (χ1v) is 6.63. The molecule has 0 fully saturated rings. The zero-order chi connectivity index (χ0) is 16.2. The standard InChI is InChI=1S/C14H15F3N2O3/c15-14(16,17)9(1-3-18)7-12(20)11-8-19-4-2-10(11)13-21-5-6-22-13/h2,4-6,8-9,13H,1,3,7,18H2. The van der Waals surface area contributed by atoms with E-state index in [2.05, 4.69) is 4.98 Å². The SMILES string of the molecule is NCCC(CC(=O)c1cnccc1C1OC=CO1)C(F)(F)F. The molecule has 0 saturated heterocycles. The van der Waals surface area contributed by atoms with Gasteiger partial charge in [-0.3, -0.25) is 9.78 Å². The molecule has 2 heterocycles. The Hall–Kier alpha value is -2.09. The molecule has 1 aliphatic heterocycles. The summed E-state index contributed by atoms with van der Waals surface area (Å²) in [6, 6.07) is 1.48. The largest absolute Gasteiger partial charge is 0.455 e. The maximum Gasteiger partial charge on any atom is 0.392 e.